The Morgan fingerprint density at radius 3 is 2.67 bits per heavy atom. The Bertz CT molecular complexity index is 85.0. The lowest BCUT2D eigenvalue weighted by Gasteiger charge is -2.24. The molecule has 9 heavy (non-hydrogen) atoms. The predicted molar refractivity (Wildman–Crippen MR) is 42.7 cm³/mol. The van der Waals surface area contributed by atoms with Crippen LogP contribution in [0.5, 0.6) is 0 Å². The predicted octanol–water partition coefficient (Wildman–Crippen LogP) is 1.30. The molecule has 0 bridgehead atoms. The van der Waals surface area contributed by atoms with Crippen molar-refractivity contribution in [3.8, 4) is 0 Å². The molecule has 2 unspecified atom stereocenters. The second kappa shape index (κ2) is 3.26. The van der Waals surface area contributed by atoms with Crippen LogP contribution in [0, 0.1) is 5.92 Å². The van der Waals surface area contributed by atoms with Crippen LogP contribution >= 0.6 is 0 Å². The molecule has 0 heterocycles. The summed E-state index contributed by atoms with van der Waals surface area (Å²) in [5.41, 5.74) is 5.57. The first-order valence-corrected chi connectivity index (χ1v) is 4.03. The number of rotatable bonds is 1. The summed E-state index contributed by atoms with van der Waals surface area (Å²) in [6, 6.07) is 0. The summed E-state index contributed by atoms with van der Waals surface area (Å²) in [7, 11) is 0.907. The van der Waals surface area contributed by atoms with E-state index in [1.54, 1.807) is 0 Å². The summed E-state index contributed by atoms with van der Waals surface area (Å²) in [4.78, 5) is 0. The number of nitrogens with two attached hydrogens (primary N) is 1. The highest BCUT2D eigenvalue weighted by Crippen LogP contribution is 2.30. The van der Waals surface area contributed by atoms with Gasteiger partial charge in [-0.15, -0.1) is 0 Å². The van der Waals surface area contributed by atoms with Gasteiger partial charge >= 0.3 is 0 Å². The van der Waals surface area contributed by atoms with E-state index < -0.39 is 0 Å². The summed E-state index contributed by atoms with van der Waals surface area (Å²) < 4.78 is 0. The van der Waals surface area contributed by atoms with Crippen molar-refractivity contribution in [1.29, 1.82) is 0 Å². The van der Waals surface area contributed by atoms with Crippen LogP contribution < -0.4 is 5.64 Å². The molecule has 0 radical (unpaired) electrons. The lowest BCUT2D eigenvalue weighted by molar-refractivity contribution is 0.383. The Hall–Kier alpha value is 0.0249. The molecule has 1 aliphatic carbocycles. The van der Waals surface area contributed by atoms with Crippen molar-refractivity contribution in [3.05, 3.63) is 0 Å². The van der Waals surface area contributed by atoms with Crippen LogP contribution in [0.1, 0.15) is 32.6 Å². The molecule has 0 amide bonds. The van der Waals surface area contributed by atoms with E-state index in [4.69, 9.17) is 5.64 Å². The summed E-state index contributed by atoms with van der Waals surface area (Å²) >= 11 is 0. The van der Waals surface area contributed by atoms with Crippen molar-refractivity contribution in [2.75, 3.05) is 0 Å². The van der Waals surface area contributed by atoms with E-state index in [1.807, 2.05) is 0 Å². The van der Waals surface area contributed by atoms with Crippen LogP contribution in [0.25, 0.3) is 0 Å². The third-order valence-electron chi connectivity index (χ3n) is 2.38. The molecule has 1 fully saturated rings. The Labute approximate surface area is 58.3 Å². The standard InChI is InChI=1S/C7H16BN/c1-6-3-2-4-7(5-6)8-9/h6-8H,2-5,9H2,1H3. The van der Waals surface area contributed by atoms with Gasteiger partial charge in [-0.05, 0) is 5.92 Å². The smallest absolute Gasteiger partial charge is 0.201 e. The van der Waals surface area contributed by atoms with Crippen molar-refractivity contribution in [1.82, 2.24) is 0 Å². The molecular formula is C7H16BN. The second-order valence-corrected chi connectivity index (χ2v) is 3.37. The van der Waals surface area contributed by atoms with E-state index in [2.05, 4.69) is 6.92 Å². The molecule has 1 saturated carbocycles. The molecule has 2 N–H and O–H groups in total. The fourth-order valence-electron chi connectivity index (χ4n) is 1.77. The third-order valence-corrected chi connectivity index (χ3v) is 2.38. The van der Waals surface area contributed by atoms with E-state index in [-0.39, 0.29) is 0 Å². The molecule has 0 aromatic rings. The third kappa shape index (κ3) is 2.01. The minimum absolute atomic E-state index is 0.841. The molecule has 0 aromatic carbocycles. The van der Waals surface area contributed by atoms with Gasteiger partial charge in [0.05, 0.1) is 0 Å². The lowest BCUT2D eigenvalue weighted by atomic mass is 9.66. The molecule has 2 atom stereocenters. The van der Waals surface area contributed by atoms with E-state index >= 15 is 0 Å². The summed E-state index contributed by atoms with van der Waals surface area (Å²) in [5, 5.41) is 0. The minimum Gasteiger partial charge on any atom is -0.373 e. The van der Waals surface area contributed by atoms with Gasteiger partial charge in [0.2, 0.25) is 7.41 Å². The summed E-state index contributed by atoms with van der Waals surface area (Å²) in [6.07, 6.45) is 5.58. The van der Waals surface area contributed by atoms with Crippen molar-refractivity contribution in [2.24, 2.45) is 11.6 Å². The van der Waals surface area contributed by atoms with Gasteiger partial charge in [-0.1, -0.05) is 38.4 Å². The average molecular weight is 125 g/mol. The quantitative estimate of drug-likeness (QED) is 0.525. The van der Waals surface area contributed by atoms with Crippen LogP contribution in [0.15, 0.2) is 0 Å². The normalized spacial score (nSPS) is 36.2. The molecule has 0 aliphatic heterocycles. The van der Waals surface area contributed by atoms with Gasteiger partial charge in [-0.25, -0.2) is 0 Å². The number of hydrogen-bond acceptors (Lipinski definition) is 1. The highest BCUT2D eigenvalue weighted by Gasteiger charge is 2.17. The largest absolute Gasteiger partial charge is 0.373 e. The van der Waals surface area contributed by atoms with Gasteiger partial charge in [0.15, 0.2) is 0 Å². The van der Waals surface area contributed by atoms with Crippen LogP contribution in [-0.2, 0) is 0 Å². The monoisotopic (exact) mass is 125 g/mol. The van der Waals surface area contributed by atoms with Crippen molar-refractivity contribution in [3.63, 3.8) is 0 Å². The van der Waals surface area contributed by atoms with Crippen molar-refractivity contribution in [2.45, 2.75) is 38.4 Å². The summed E-state index contributed by atoms with van der Waals surface area (Å²) in [5.74, 6) is 1.78. The zero-order chi connectivity index (χ0) is 6.69. The lowest BCUT2D eigenvalue weighted by Crippen LogP contribution is -2.19. The molecule has 1 aliphatic rings. The molecular weight excluding hydrogens is 109 g/mol. The van der Waals surface area contributed by atoms with Gasteiger partial charge in [0, 0.05) is 0 Å². The Morgan fingerprint density at radius 1 is 1.44 bits per heavy atom. The highest BCUT2D eigenvalue weighted by molar-refractivity contribution is 6.33. The highest BCUT2D eigenvalue weighted by atomic mass is 14.4. The SMILES string of the molecule is CC1CCCC(BN)C1. The minimum atomic E-state index is 0.841. The van der Waals surface area contributed by atoms with E-state index in [0.29, 0.717) is 0 Å². The maximum atomic E-state index is 5.57. The Balaban J connectivity index is 2.23. The van der Waals surface area contributed by atoms with Crippen molar-refractivity contribution < 1.29 is 0 Å². The molecule has 0 aromatic heterocycles. The van der Waals surface area contributed by atoms with Gasteiger partial charge < -0.3 is 5.64 Å². The fourth-order valence-corrected chi connectivity index (χ4v) is 1.77. The molecule has 1 nitrogen and oxygen atoms in total. The molecule has 52 valence electrons. The number of hydrogen-bond donors (Lipinski definition) is 1. The molecule has 0 spiro atoms. The van der Waals surface area contributed by atoms with Gasteiger partial charge in [0.25, 0.3) is 0 Å². The first kappa shape index (κ1) is 7.14. The van der Waals surface area contributed by atoms with E-state index in [9.17, 15) is 0 Å². The van der Waals surface area contributed by atoms with E-state index in [1.165, 1.54) is 25.7 Å². The van der Waals surface area contributed by atoms with Gasteiger partial charge in [0.1, 0.15) is 0 Å². The van der Waals surface area contributed by atoms with Crippen LogP contribution in [0.4, 0.5) is 0 Å². The molecule has 2 heteroatoms. The van der Waals surface area contributed by atoms with Gasteiger partial charge in [-0.2, -0.15) is 0 Å². The summed E-state index contributed by atoms with van der Waals surface area (Å²) in [6.45, 7) is 2.34. The second-order valence-electron chi connectivity index (χ2n) is 3.37. The molecule has 0 saturated heterocycles. The topological polar surface area (TPSA) is 26.0 Å². The zero-order valence-electron chi connectivity index (χ0n) is 6.27. The van der Waals surface area contributed by atoms with E-state index in [0.717, 1.165) is 19.1 Å². The fraction of sp³-hybridized carbons (Fsp3) is 1.00. The average Bonchev–Trinajstić information content (AvgIpc) is 1.88. The van der Waals surface area contributed by atoms with Crippen molar-refractivity contribution >= 4 is 7.41 Å². The zero-order valence-corrected chi connectivity index (χ0v) is 6.27. The van der Waals surface area contributed by atoms with Gasteiger partial charge in [-0.3, -0.25) is 0 Å². The van der Waals surface area contributed by atoms with Crippen LogP contribution in [-0.4, -0.2) is 7.41 Å². The van der Waals surface area contributed by atoms with Crippen LogP contribution in [0.2, 0.25) is 5.82 Å². The maximum absolute atomic E-state index is 5.57. The maximum Gasteiger partial charge on any atom is 0.201 e. The first-order valence-electron chi connectivity index (χ1n) is 4.03. The Kier molecular flexibility index (Phi) is 2.58. The molecule has 1 rings (SSSR count). The Morgan fingerprint density at radius 2 is 2.22 bits per heavy atom. The first-order chi connectivity index (χ1) is 4.33. The van der Waals surface area contributed by atoms with Crippen LogP contribution in [0.3, 0.4) is 0 Å².